The fourth-order valence-corrected chi connectivity index (χ4v) is 2.52. The van der Waals surface area contributed by atoms with Gasteiger partial charge in [-0.25, -0.2) is 5.43 Å². The van der Waals surface area contributed by atoms with Crippen molar-refractivity contribution in [1.29, 1.82) is 0 Å². The molecule has 0 aliphatic heterocycles. The third-order valence-electron chi connectivity index (χ3n) is 3.72. The van der Waals surface area contributed by atoms with Crippen LogP contribution < -0.4 is 5.43 Å². The number of hydrogen-bond donors (Lipinski definition) is 1. The fraction of sp³-hybridized carbons (Fsp3) is 0.0526. The lowest BCUT2D eigenvalue weighted by atomic mass is 10.1. The summed E-state index contributed by atoms with van der Waals surface area (Å²) in [5.74, 6) is 0.367. The van der Waals surface area contributed by atoms with Crippen LogP contribution in [0.15, 0.2) is 64.1 Å². The Hall–Kier alpha value is -3.45. The monoisotopic (exact) mass is 383 g/mol. The molecule has 0 radical (unpaired) electrons. The number of furan rings is 1. The predicted octanol–water partition coefficient (Wildman–Crippen LogP) is 4.58. The molecule has 1 N–H and O–H groups in total. The summed E-state index contributed by atoms with van der Waals surface area (Å²) >= 11 is 6.10. The summed E-state index contributed by atoms with van der Waals surface area (Å²) in [6.07, 6.45) is 1.33. The Bertz CT molecular complexity index is 1030. The summed E-state index contributed by atoms with van der Waals surface area (Å²) in [5, 5.41) is 15.1. The van der Waals surface area contributed by atoms with E-state index < -0.39 is 4.92 Å². The highest BCUT2D eigenvalue weighted by atomic mass is 35.5. The highest BCUT2D eigenvalue weighted by Crippen LogP contribution is 2.32. The molecule has 1 aromatic heterocycles. The molecule has 3 aromatic rings. The molecule has 136 valence electrons. The second-order valence-corrected chi connectivity index (χ2v) is 6.10. The Kier molecular flexibility index (Phi) is 5.33. The maximum atomic E-state index is 12.0. The number of benzene rings is 2. The molecule has 7 nitrogen and oxygen atoms in total. The lowest BCUT2D eigenvalue weighted by molar-refractivity contribution is -0.384. The standard InChI is InChI=1S/C19H14ClN3O4/c1-12-2-4-13(5-3-12)19(24)22-21-11-15-7-9-18(27-15)16-10-14(23(25)26)6-8-17(16)20/h2-11H,1H3,(H,22,24)/b21-11+. The molecule has 1 heterocycles. The van der Waals surface area contributed by atoms with Crippen LogP contribution in [0.4, 0.5) is 5.69 Å². The van der Waals surface area contributed by atoms with Crippen molar-refractivity contribution in [2.45, 2.75) is 6.92 Å². The van der Waals surface area contributed by atoms with Crippen LogP contribution in [0.1, 0.15) is 21.7 Å². The first-order chi connectivity index (χ1) is 12.9. The molecule has 3 rings (SSSR count). The number of nitro benzene ring substituents is 1. The number of halogens is 1. The van der Waals surface area contributed by atoms with E-state index in [1.54, 1.807) is 24.3 Å². The maximum Gasteiger partial charge on any atom is 0.271 e. The topological polar surface area (TPSA) is 97.7 Å². The zero-order valence-electron chi connectivity index (χ0n) is 14.2. The lowest BCUT2D eigenvalue weighted by Crippen LogP contribution is -2.17. The number of non-ortho nitro benzene ring substituents is 1. The minimum Gasteiger partial charge on any atom is -0.455 e. The molecule has 0 aliphatic carbocycles. The van der Waals surface area contributed by atoms with Crippen molar-refractivity contribution in [2.24, 2.45) is 5.10 Å². The van der Waals surface area contributed by atoms with Crippen LogP contribution >= 0.6 is 11.6 Å². The van der Waals surface area contributed by atoms with E-state index in [0.717, 1.165) is 5.56 Å². The Morgan fingerprint density at radius 3 is 2.63 bits per heavy atom. The Balaban J connectivity index is 1.72. The quantitative estimate of drug-likeness (QED) is 0.396. The van der Waals surface area contributed by atoms with Crippen LogP contribution in [0.2, 0.25) is 5.02 Å². The second kappa shape index (κ2) is 7.84. The fourth-order valence-electron chi connectivity index (χ4n) is 2.31. The number of amides is 1. The molecular formula is C19H14ClN3O4. The van der Waals surface area contributed by atoms with Gasteiger partial charge >= 0.3 is 0 Å². The van der Waals surface area contributed by atoms with Crippen molar-refractivity contribution < 1.29 is 14.1 Å². The minimum atomic E-state index is -0.508. The van der Waals surface area contributed by atoms with E-state index in [0.29, 0.717) is 27.7 Å². The number of carbonyl (C=O) groups excluding carboxylic acids is 1. The van der Waals surface area contributed by atoms with E-state index in [2.05, 4.69) is 10.5 Å². The third-order valence-corrected chi connectivity index (χ3v) is 4.05. The van der Waals surface area contributed by atoms with Gasteiger partial charge < -0.3 is 4.42 Å². The Morgan fingerprint density at radius 1 is 1.19 bits per heavy atom. The first kappa shape index (κ1) is 18.3. The van der Waals surface area contributed by atoms with Gasteiger partial charge in [-0.1, -0.05) is 29.3 Å². The summed E-state index contributed by atoms with van der Waals surface area (Å²) in [7, 11) is 0. The zero-order valence-corrected chi connectivity index (χ0v) is 14.9. The number of nitro groups is 1. The number of carbonyl (C=O) groups is 1. The molecule has 27 heavy (non-hydrogen) atoms. The molecule has 0 bridgehead atoms. The Morgan fingerprint density at radius 2 is 1.93 bits per heavy atom. The van der Waals surface area contributed by atoms with Gasteiger partial charge in [0.25, 0.3) is 11.6 Å². The smallest absolute Gasteiger partial charge is 0.271 e. The van der Waals surface area contributed by atoms with Crippen molar-refractivity contribution in [3.05, 3.63) is 86.6 Å². The van der Waals surface area contributed by atoms with Crippen LogP contribution in [0.5, 0.6) is 0 Å². The van der Waals surface area contributed by atoms with Crippen LogP contribution in [-0.4, -0.2) is 17.0 Å². The van der Waals surface area contributed by atoms with Gasteiger partial charge in [-0.3, -0.25) is 14.9 Å². The van der Waals surface area contributed by atoms with E-state index in [4.69, 9.17) is 16.0 Å². The van der Waals surface area contributed by atoms with E-state index >= 15 is 0 Å². The van der Waals surface area contributed by atoms with Crippen molar-refractivity contribution >= 4 is 29.4 Å². The van der Waals surface area contributed by atoms with Crippen molar-refractivity contribution in [1.82, 2.24) is 5.43 Å². The van der Waals surface area contributed by atoms with Gasteiger partial charge in [-0.2, -0.15) is 5.10 Å². The second-order valence-electron chi connectivity index (χ2n) is 5.69. The highest BCUT2D eigenvalue weighted by molar-refractivity contribution is 6.33. The van der Waals surface area contributed by atoms with Gasteiger partial charge in [0.2, 0.25) is 0 Å². The van der Waals surface area contributed by atoms with Crippen molar-refractivity contribution in [3.8, 4) is 11.3 Å². The summed E-state index contributed by atoms with van der Waals surface area (Å²) in [6.45, 7) is 1.93. The van der Waals surface area contributed by atoms with Gasteiger partial charge in [0.05, 0.1) is 16.2 Å². The van der Waals surface area contributed by atoms with E-state index in [9.17, 15) is 14.9 Å². The number of hydrogen-bond acceptors (Lipinski definition) is 5. The van der Waals surface area contributed by atoms with Crippen LogP contribution in [0, 0.1) is 17.0 Å². The van der Waals surface area contributed by atoms with Gasteiger partial charge in [0.1, 0.15) is 11.5 Å². The average Bonchev–Trinajstić information content (AvgIpc) is 3.11. The number of rotatable bonds is 5. The van der Waals surface area contributed by atoms with E-state index in [-0.39, 0.29) is 11.6 Å². The Labute approximate surface area is 159 Å². The number of nitrogens with one attached hydrogen (secondary N) is 1. The molecule has 0 fully saturated rings. The summed E-state index contributed by atoms with van der Waals surface area (Å²) in [4.78, 5) is 22.4. The van der Waals surface area contributed by atoms with Gasteiger partial charge in [-0.05, 0) is 37.3 Å². The minimum absolute atomic E-state index is 0.0913. The maximum absolute atomic E-state index is 12.0. The molecule has 0 spiro atoms. The van der Waals surface area contributed by atoms with Gasteiger partial charge in [0.15, 0.2) is 0 Å². The molecule has 0 unspecified atom stereocenters. The molecular weight excluding hydrogens is 370 g/mol. The van der Waals surface area contributed by atoms with Crippen LogP contribution in [0.3, 0.4) is 0 Å². The van der Waals surface area contributed by atoms with Crippen LogP contribution in [0.25, 0.3) is 11.3 Å². The third kappa shape index (κ3) is 4.39. The molecule has 0 saturated carbocycles. The van der Waals surface area contributed by atoms with Crippen LogP contribution in [-0.2, 0) is 0 Å². The normalized spacial score (nSPS) is 10.9. The van der Waals surface area contributed by atoms with Crippen molar-refractivity contribution in [2.75, 3.05) is 0 Å². The van der Waals surface area contributed by atoms with E-state index in [1.165, 1.54) is 24.4 Å². The number of hydrazone groups is 1. The lowest BCUT2D eigenvalue weighted by Gasteiger charge is -2.01. The molecule has 0 aliphatic rings. The molecule has 1 amide bonds. The predicted molar refractivity (Wildman–Crippen MR) is 102 cm³/mol. The van der Waals surface area contributed by atoms with Gasteiger partial charge in [-0.15, -0.1) is 0 Å². The zero-order chi connectivity index (χ0) is 19.4. The summed E-state index contributed by atoms with van der Waals surface area (Å²) in [6, 6.07) is 14.4. The summed E-state index contributed by atoms with van der Waals surface area (Å²) < 4.78 is 5.58. The summed E-state index contributed by atoms with van der Waals surface area (Å²) in [5.41, 5.74) is 4.25. The van der Waals surface area contributed by atoms with Gasteiger partial charge in [0, 0.05) is 23.3 Å². The highest BCUT2D eigenvalue weighted by Gasteiger charge is 2.14. The number of aryl methyl sites for hydroxylation is 1. The molecule has 2 aromatic carbocycles. The number of nitrogens with zero attached hydrogens (tertiary/aromatic N) is 2. The average molecular weight is 384 g/mol. The SMILES string of the molecule is Cc1ccc(C(=O)N/N=C/c2ccc(-c3cc([N+](=O)[O-])ccc3Cl)o2)cc1. The van der Waals surface area contributed by atoms with E-state index in [1.807, 2.05) is 19.1 Å². The first-order valence-corrected chi connectivity index (χ1v) is 8.26. The molecule has 0 atom stereocenters. The molecule has 8 heteroatoms. The first-order valence-electron chi connectivity index (χ1n) is 7.88. The molecule has 0 saturated heterocycles. The largest absolute Gasteiger partial charge is 0.455 e. The van der Waals surface area contributed by atoms with Crippen molar-refractivity contribution in [3.63, 3.8) is 0 Å².